The molecule has 1 saturated carbocycles. The fourth-order valence-corrected chi connectivity index (χ4v) is 5.49. The van der Waals surface area contributed by atoms with Crippen LogP contribution in [0, 0.1) is 6.92 Å². The number of fused-ring (bicyclic) bond motifs is 1. The molecule has 0 unspecified atom stereocenters. The molecule has 0 radical (unpaired) electrons. The van der Waals surface area contributed by atoms with Gasteiger partial charge < -0.3 is 14.8 Å². The van der Waals surface area contributed by atoms with E-state index in [2.05, 4.69) is 10.0 Å². The van der Waals surface area contributed by atoms with Crippen molar-refractivity contribution in [3.05, 3.63) is 71.8 Å². The van der Waals surface area contributed by atoms with Gasteiger partial charge in [-0.2, -0.15) is 0 Å². The van der Waals surface area contributed by atoms with Crippen LogP contribution in [-0.4, -0.2) is 27.7 Å². The highest BCUT2D eigenvalue weighted by molar-refractivity contribution is 7.89. The molecule has 5 rings (SSSR count). The summed E-state index contributed by atoms with van der Waals surface area (Å²) in [5.74, 6) is 1.33. The van der Waals surface area contributed by atoms with Crippen LogP contribution in [0.15, 0.2) is 65.6 Å². The standard InChI is InChI=1S/C27H28N2O5S.2H2/c1-3-14-28-35(31,32)22-9-5-19(6-10-22)23-16-21(8-4-18(23)2)29-26(30)27(12-13-27)20-7-11-24-25(15-20)34-17-33-24;;/h4-11,15-16,28H,3,12-14,17H2,1-2H3,(H,29,30);2*1H. The lowest BCUT2D eigenvalue weighted by molar-refractivity contribution is -0.118. The first kappa shape index (κ1) is 23.4. The predicted molar refractivity (Wildman–Crippen MR) is 138 cm³/mol. The van der Waals surface area contributed by atoms with E-state index >= 15 is 0 Å². The second kappa shape index (κ2) is 9.02. The van der Waals surface area contributed by atoms with Crippen molar-refractivity contribution in [1.82, 2.24) is 4.72 Å². The van der Waals surface area contributed by atoms with E-state index in [4.69, 9.17) is 9.47 Å². The molecule has 1 heterocycles. The summed E-state index contributed by atoms with van der Waals surface area (Å²) in [6, 6.07) is 18.3. The summed E-state index contributed by atoms with van der Waals surface area (Å²) in [7, 11) is -3.52. The highest BCUT2D eigenvalue weighted by atomic mass is 32.2. The van der Waals surface area contributed by atoms with Crippen LogP contribution in [0.2, 0.25) is 0 Å². The fraction of sp³-hybridized carbons (Fsp3) is 0.296. The fourth-order valence-electron chi connectivity index (χ4n) is 4.36. The second-order valence-electron chi connectivity index (χ2n) is 9.06. The zero-order valence-electron chi connectivity index (χ0n) is 19.8. The number of amides is 1. The van der Waals surface area contributed by atoms with E-state index < -0.39 is 15.4 Å². The summed E-state index contributed by atoms with van der Waals surface area (Å²) in [6.45, 7) is 4.51. The van der Waals surface area contributed by atoms with Crippen molar-refractivity contribution in [2.45, 2.75) is 43.4 Å². The number of hydrogen-bond acceptors (Lipinski definition) is 5. The van der Waals surface area contributed by atoms with Gasteiger partial charge in [-0.1, -0.05) is 31.2 Å². The molecule has 8 heteroatoms. The molecule has 7 nitrogen and oxygen atoms in total. The molecule has 0 saturated heterocycles. The van der Waals surface area contributed by atoms with Crippen molar-refractivity contribution in [2.24, 2.45) is 0 Å². The summed E-state index contributed by atoms with van der Waals surface area (Å²) in [5, 5.41) is 3.09. The minimum atomic E-state index is -3.52. The number of hydrogen-bond donors (Lipinski definition) is 2. The van der Waals surface area contributed by atoms with E-state index in [0.717, 1.165) is 41.5 Å². The third-order valence-electron chi connectivity index (χ3n) is 6.62. The predicted octanol–water partition coefficient (Wildman–Crippen LogP) is 5.24. The smallest absolute Gasteiger partial charge is 0.240 e. The van der Waals surface area contributed by atoms with E-state index in [0.29, 0.717) is 23.7 Å². The van der Waals surface area contributed by atoms with Crippen LogP contribution in [0.4, 0.5) is 5.69 Å². The van der Waals surface area contributed by atoms with Crippen molar-refractivity contribution in [2.75, 3.05) is 18.7 Å². The molecule has 0 aromatic heterocycles. The van der Waals surface area contributed by atoms with Crippen LogP contribution in [0.25, 0.3) is 11.1 Å². The lowest BCUT2D eigenvalue weighted by atomic mass is 9.94. The number of nitrogens with one attached hydrogen (secondary N) is 2. The maximum atomic E-state index is 13.3. The average molecular weight is 497 g/mol. The number of anilines is 1. The van der Waals surface area contributed by atoms with Gasteiger partial charge in [-0.25, -0.2) is 13.1 Å². The van der Waals surface area contributed by atoms with E-state index in [1.54, 1.807) is 24.3 Å². The first-order valence-corrected chi connectivity index (χ1v) is 13.2. The normalized spacial score (nSPS) is 15.6. The van der Waals surface area contributed by atoms with Gasteiger partial charge in [-0.15, -0.1) is 0 Å². The van der Waals surface area contributed by atoms with Crippen LogP contribution < -0.4 is 19.5 Å². The Morgan fingerprint density at radius 3 is 2.46 bits per heavy atom. The average Bonchev–Trinajstić information content (AvgIpc) is 3.55. The van der Waals surface area contributed by atoms with Crippen LogP contribution in [-0.2, 0) is 20.2 Å². The minimum absolute atomic E-state index is 0. The molecule has 3 aromatic rings. The van der Waals surface area contributed by atoms with E-state index in [1.165, 1.54) is 0 Å². The van der Waals surface area contributed by atoms with Crippen LogP contribution in [0.3, 0.4) is 0 Å². The Balaban J connectivity index is 0.00000190. The third-order valence-corrected chi connectivity index (χ3v) is 8.10. The van der Waals surface area contributed by atoms with Crippen molar-refractivity contribution in [3.63, 3.8) is 0 Å². The van der Waals surface area contributed by atoms with Gasteiger partial charge in [0.05, 0.1) is 10.3 Å². The Bertz CT molecular complexity index is 1390. The van der Waals surface area contributed by atoms with Gasteiger partial charge in [0.15, 0.2) is 11.5 Å². The van der Waals surface area contributed by atoms with Gasteiger partial charge in [-0.05, 0) is 84.8 Å². The monoisotopic (exact) mass is 496 g/mol. The molecule has 0 spiro atoms. The van der Waals surface area contributed by atoms with E-state index in [1.807, 2.05) is 50.2 Å². The maximum Gasteiger partial charge on any atom is 0.240 e. The first-order valence-electron chi connectivity index (χ1n) is 11.7. The van der Waals surface area contributed by atoms with Gasteiger partial charge in [0.25, 0.3) is 0 Å². The number of aryl methyl sites for hydroxylation is 1. The number of rotatable bonds is 8. The molecule has 2 aliphatic rings. The Kier molecular flexibility index (Phi) is 6.02. The van der Waals surface area contributed by atoms with E-state index in [-0.39, 0.29) is 20.4 Å². The van der Waals surface area contributed by atoms with Gasteiger partial charge in [0.2, 0.25) is 22.7 Å². The molecule has 0 atom stereocenters. The van der Waals surface area contributed by atoms with Crippen LogP contribution >= 0.6 is 0 Å². The molecule has 2 N–H and O–H groups in total. The lowest BCUT2D eigenvalue weighted by Crippen LogP contribution is -2.27. The second-order valence-corrected chi connectivity index (χ2v) is 10.8. The van der Waals surface area contributed by atoms with E-state index in [9.17, 15) is 13.2 Å². The zero-order chi connectivity index (χ0) is 24.6. The molecule has 1 amide bonds. The highest BCUT2D eigenvalue weighted by Gasteiger charge is 2.51. The van der Waals surface area contributed by atoms with Gasteiger partial charge >= 0.3 is 0 Å². The molecule has 1 fully saturated rings. The van der Waals surface area contributed by atoms with Crippen molar-refractivity contribution in [3.8, 4) is 22.6 Å². The number of ether oxygens (including phenoxy) is 2. The minimum Gasteiger partial charge on any atom is -0.454 e. The van der Waals surface area contributed by atoms with Gasteiger partial charge in [-0.3, -0.25) is 4.79 Å². The topological polar surface area (TPSA) is 93.7 Å². The van der Waals surface area contributed by atoms with Crippen molar-refractivity contribution in [1.29, 1.82) is 0 Å². The number of sulfonamides is 1. The molecule has 186 valence electrons. The summed E-state index contributed by atoms with van der Waals surface area (Å²) >= 11 is 0. The number of carbonyl (C=O) groups is 1. The van der Waals surface area contributed by atoms with Crippen molar-refractivity contribution < 1.29 is 25.5 Å². The molecule has 3 aromatic carbocycles. The maximum absolute atomic E-state index is 13.3. The summed E-state index contributed by atoms with van der Waals surface area (Å²) < 4.78 is 38.2. The molecule has 0 bridgehead atoms. The first-order chi connectivity index (χ1) is 16.8. The summed E-state index contributed by atoms with van der Waals surface area (Å²) in [5.41, 5.74) is 3.91. The third kappa shape index (κ3) is 4.51. The number of benzene rings is 3. The molecule has 1 aliphatic heterocycles. The Labute approximate surface area is 208 Å². The van der Waals surface area contributed by atoms with Gasteiger partial charge in [0, 0.05) is 15.1 Å². The molecule has 1 aliphatic carbocycles. The zero-order valence-corrected chi connectivity index (χ0v) is 20.6. The van der Waals surface area contributed by atoms with Gasteiger partial charge in [0.1, 0.15) is 0 Å². The summed E-state index contributed by atoms with van der Waals surface area (Å²) in [6.07, 6.45) is 2.28. The van der Waals surface area contributed by atoms with Crippen LogP contribution in [0.1, 0.15) is 40.2 Å². The molecular formula is C27H32N2O5S. The van der Waals surface area contributed by atoms with Crippen molar-refractivity contribution >= 4 is 21.6 Å². The highest BCUT2D eigenvalue weighted by Crippen LogP contribution is 2.51. The Morgan fingerprint density at radius 2 is 1.74 bits per heavy atom. The Hall–Kier alpha value is -3.36. The SMILES string of the molecule is CCCNS(=O)(=O)c1ccc(-c2cc(NC(=O)C3(c4ccc5c(c4)OCO5)CC3)ccc2C)cc1.[HH].[HH]. The number of carbonyl (C=O) groups excluding carboxylic acids is 1. The quantitative estimate of drug-likeness (QED) is 0.445. The molecular weight excluding hydrogens is 464 g/mol. The Morgan fingerprint density at radius 1 is 1.00 bits per heavy atom. The summed E-state index contributed by atoms with van der Waals surface area (Å²) in [4.78, 5) is 13.5. The molecule has 35 heavy (non-hydrogen) atoms. The van der Waals surface area contributed by atoms with Crippen LogP contribution in [0.5, 0.6) is 11.5 Å². The largest absolute Gasteiger partial charge is 0.454 e. The lowest BCUT2D eigenvalue weighted by Gasteiger charge is -2.17.